The molecular formula is C56H88O33. The minimum atomic E-state index is -2.27. The van der Waals surface area contributed by atoms with Gasteiger partial charge in [-0.3, -0.25) is 4.79 Å². The van der Waals surface area contributed by atoms with Gasteiger partial charge in [-0.1, -0.05) is 19.9 Å². The van der Waals surface area contributed by atoms with Crippen molar-refractivity contribution in [2.45, 2.75) is 261 Å². The van der Waals surface area contributed by atoms with E-state index in [4.69, 9.17) is 56.8 Å². The lowest BCUT2D eigenvalue weighted by Crippen LogP contribution is -2.70. The third kappa shape index (κ3) is 12.2. The molecule has 36 atom stereocenters. The summed E-state index contributed by atoms with van der Waals surface area (Å²) in [5.74, 6) is -1.13. The fourth-order valence-electron chi connectivity index (χ4n) is 16.4. The molecule has 6 aliphatic heterocycles. The summed E-state index contributed by atoms with van der Waals surface area (Å²) in [5.41, 5.74) is -3.09. The van der Waals surface area contributed by atoms with Gasteiger partial charge in [-0.05, 0) is 86.5 Å². The Morgan fingerprint density at radius 1 is 0.472 bits per heavy atom. The van der Waals surface area contributed by atoms with E-state index in [9.17, 15) is 107 Å². The molecule has 10 rings (SSSR count). The number of esters is 1. The molecule has 19 N–H and O–H groups in total. The van der Waals surface area contributed by atoms with Crippen LogP contribution in [-0.2, 0) is 66.4 Å². The highest BCUT2D eigenvalue weighted by Gasteiger charge is 2.70. The van der Waals surface area contributed by atoms with Crippen LogP contribution >= 0.6 is 0 Å². The first-order valence-electron chi connectivity index (χ1n) is 30.3. The van der Waals surface area contributed by atoms with E-state index in [2.05, 4.69) is 13.5 Å². The van der Waals surface area contributed by atoms with Crippen molar-refractivity contribution in [3.05, 3.63) is 12.2 Å². The number of hydrogen-bond donors (Lipinski definition) is 19. The Labute approximate surface area is 509 Å². The number of aliphatic hydroxyl groups excluding tert-OH is 19. The second-order valence-electron chi connectivity index (χ2n) is 26.3. The average molecular weight is 1290 g/mol. The zero-order valence-corrected chi connectivity index (χ0v) is 48.9. The molecule has 0 aromatic rings. The van der Waals surface area contributed by atoms with Gasteiger partial charge in [0.15, 0.2) is 37.7 Å². The Kier molecular flexibility index (Phi) is 21.1. The van der Waals surface area contributed by atoms with Gasteiger partial charge in [-0.25, -0.2) is 0 Å². The van der Waals surface area contributed by atoms with E-state index in [1.807, 2.05) is 0 Å². The highest BCUT2D eigenvalue weighted by molar-refractivity contribution is 5.77. The van der Waals surface area contributed by atoms with Crippen molar-refractivity contribution >= 4 is 12.3 Å². The van der Waals surface area contributed by atoms with Crippen molar-refractivity contribution in [2.75, 3.05) is 33.0 Å². The maximum Gasteiger partial charge on any atom is 0.314 e. The van der Waals surface area contributed by atoms with Crippen LogP contribution in [0.5, 0.6) is 0 Å². The van der Waals surface area contributed by atoms with E-state index < -0.39 is 245 Å². The summed E-state index contributed by atoms with van der Waals surface area (Å²) in [5, 5.41) is 205. The first-order chi connectivity index (χ1) is 42.1. The van der Waals surface area contributed by atoms with E-state index in [-0.39, 0.29) is 31.0 Å². The maximum absolute atomic E-state index is 14.5. The smallest absolute Gasteiger partial charge is 0.314 e. The molecular weight excluding hydrogens is 1200 g/mol. The Morgan fingerprint density at radius 3 is 1.44 bits per heavy atom. The molecule has 10 aliphatic rings. The van der Waals surface area contributed by atoms with Crippen LogP contribution in [0.1, 0.15) is 71.6 Å². The second-order valence-corrected chi connectivity index (χ2v) is 26.3. The van der Waals surface area contributed by atoms with Crippen LogP contribution in [-0.4, -0.2) is 332 Å². The molecule has 6 heterocycles. The van der Waals surface area contributed by atoms with Gasteiger partial charge in [0.1, 0.15) is 146 Å². The topological polar surface area (TPSA) is 529 Å². The highest BCUT2D eigenvalue weighted by Crippen LogP contribution is 2.74. The van der Waals surface area contributed by atoms with Crippen LogP contribution in [0.3, 0.4) is 0 Å². The number of fused-ring (bicyclic) bond motifs is 3. The van der Waals surface area contributed by atoms with Gasteiger partial charge in [-0.2, -0.15) is 0 Å². The van der Waals surface area contributed by atoms with Crippen LogP contribution < -0.4 is 0 Å². The lowest BCUT2D eigenvalue weighted by Gasteiger charge is -2.64. The number of carbonyl (C=O) groups is 2. The summed E-state index contributed by atoms with van der Waals surface area (Å²) in [4.78, 5) is 26.8. The summed E-state index contributed by atoms with van der Waals surface area (Å²) in [6.07, 6.45) is -53.8. The normalized spacial score (nSPS) is 54.4. The van der Waals surface area contributed by atoms with Crippen LogP contribution in [0, 0.1) is 28.1 Å². The molecule has 33 heteroatoms. The van der Waals surface area contributed by atoms with Crippen molar-refractivity contribution < 1.29 is 163 Å². The quantitative estimate of drug-likeness (QED) is 0.0262. The molecule has 1 spiro atoms. The van der Waals surface area contributed by atoms with E-state index in [0.29, 0.717) is 50.5 Å². The number of aldehydes is 1. The molecule has 0 aromatic carbocycles. The molecule has 0 radical (unpaired) electrons. The second kappa shape index (κ2) is 27.1. The summed E-state index contributed by atoms with van der Waals surface area (Å²) in [7, 11) is 0. The van der Waals surface area contributed by atoms with E-state index in [1.54, 1.807) is 6.92 Å². The van der Waals surface area contributed by atoms with Gasteiger partial charge in [-0.15, -0.1) is 0 Å². The highest BCUT2D eigenvalue weighted by atomic mass is 16.8. The van der Waals surface area contributed by atoms with Gasteiger partial charge in [0.2, 0.25) is 6.29 Å². The molecule has 31 unspecified atom stereocenters. The van der Waals surface area contributed by atoms with Crippen LogP contribution in [0.25, 0.3) is 0 Å². The lowest BCUT2D eigenvalue weighted by atomic mass is 9.41. The van der Waals surface area contributed by atoms with Crippen molar-refractivity contribution in [2.24, 2.45) is 28.1 Å². The summed E-state index contributed by atoms with van der Waals surface area (Å²) in [6, 6.07) is 0. The van der Waals surface area contributed by atoms with Crippen molar-refractivity contribution in [1.29, 1.82) is 0 Å². The fourth-order valence-corrected chi connectivity index (χ4v) is 16.4. The number of hydrogen-bond acceptors (Lipinski definition) is 33. The third-order valence-corrected chi connectivity index (χ3v) is 21.2. The van der Waals surface area contributed by atoms with E-state index in [1.165, 1.54) is 0 Å². The molecule has 2 bridgehead atoms. The molecule has 0 amide bonds. The molecule has 33 nitrogen and oxygen atoms in total. The van der Waals surface area contributed by atoms with E-state index >= 15 is 0 Å². The largest absolute Gasteiger partial charge is 0.432 e. The molecule has 4 saturated carbocycles. The van der Waals surface area contributed by atoms with Gasteiger partial charge in [0, 0.05) is 0 Å². The summed E-state index contributed by atoms with van der Waals surface area (Å²) in [6.45, 7) is 3.78. The Morgan fingerprint density at radius 2 is 0.899 bits per heavy atom. The third-order valence-electron chi connectivity index (χ3n) is 21.2. The lowest BCUT2D eigenvalue weighted by molar-refractivity contribution is -0.416. The van der Waals surface area contributed by atoms with Crippen molar-refractivity contribution in [3.63, 3.8) is 0 Å². The number of carbonyl (C=O) groups excluding carboxylic acids is 2. The molecule has 89 heavy (non-hydrogen) atoms. The van der Waals surface area contributed by atoms with E-state index in [0.717, 1.165) is 0 Å². The molecule has 510 valence electrons. The van der Waals surface area contributed by atoms with Crippen molar-refractivity contribution in [1.82, 2.24) is 0 Å². The van der Waals surface area contributed by atoms with Crippen LogP contribution in [0.2, 0.25) is 0 Å². The molecule has 10 fully saturated rings. The van der Waals surface area contributed by atoms with Gasteiger partial charge >= 0.3 is 5.97 Å². The van der Waals surface area contributed by atoms with Crippen LogP contribution in [0.15, 0.2) is 12.2 Å². The molecule has 0 aromatic heterocycles. The standard InChI is InChI=1S/C56H88O33/c1-19-11-55-9-5-26-53(2,7-4-8-54(26,3)52(77)88-50-40(75)35(70)31(66)23(15-60)81-50)27(55)6-10-56(19,18-55)89-51-45(87-48-39(74)34(69)30(65)22(14-59)80-48)44(86-47-38(73)33(68)29(64)21(13-58)79-47)43(25(17-62)83-51)85-49-41(76)36(71)42(24(16-61)82-49)84-46-37(72)32(67)28(63)20(12-57)78-46/h13,20-51,57,59-76H,1,4-12,14-18H2,2-3H3/t20?,21?,22?,23?,24?,25?,26-,27-,28?,29?,30?,31?,32?,33?,34?,35?,36?,37?,38?,39?,40?,41?,42?,43?,44?,45?,46?,47?,48?,49?,50?,51?,53+,54?,55+,56-/m0/s1. The average Bonchev–Trinajstić information content (AvgIpc) is 1.63. The van der Waals surface area contributed by atoms with Gasteiger partial charge in [0.25, 0.3) is 0 Å². The molecule has 6 saturated heterocycles. The predicted octanol–water partition coefficient (Wildman–Crippen LogP) is -9.26. The zero-order valence-electron chi connectivity index (χ0n) is 48.9. The monoisotopic (exact) mass is 1290 g/mol. The Bertz CT molecular complexity index is 2430. The maximum atomic E-state index is 14.5. The molecule has 4 aliphatic carbocycles. The Balaban J connectivity index is 0.971. The summed E-state index contributed by atoms with van der Waals surface area (Å²) >= 11 is 0. The summed E-state index contributed by atoms with van der Waals surface area (Å²) < 4.78 is 73.0. The minimum absolute atomic E-state index is 0.0957. The SMILES string of the molecule is C=C1C[C@@]23CC[C@@H]4C(C)(C(=O)OC5OC(CO)C(O)C(O)C5O)CCC[C@@]4(C)[C@@H]2CC[C@]1(OC1OC(CO)C(OC2OC(CO)C(OC4OC(CO)C(O)C(O)C4O)C(O)C2O)C(OC2OC(C=O)C(O)C(O)C2O)C1OC1OC(CO)C(O)C(O)C1O)C3. The van der Waals surface area contributed by atoms with Gasteiger partial charge < -0.3 is 159 Å². The first-order valence-corrected chi connectivity index (χ1v) is 30.3. The minimum Gasteiger partial charge on any atom is -0.432 e. The number of ether oxygens (including phenoxy) is 12. The first kappa shape index (κ1) is 69.5. The van der Waals surface area contributed by atoms with Crippen molar-refractivity contribution in [3.8, 4) is 0 Å². The number of aliphatic hydroxyl groups is 19. The predicted molar refractivity (Wildman–Crippen MR) is 283 cm³/mol. The zero-order chi connectivity index (χ0) is 64.7. The van der Waals surface area contributed by atoms with Gasteiger partial charge in [0.05, 0.1) is 44.1 Å². The number of rotatable bonds is 18. The fraction of sp³-hybridized carbons (Fsp3) is 0.929. The Hall–Kier alpha value is -2.32. The van der Waals surface area contributed by atoms with Crippen LogP contribution in [0.4, 0.5) is 0 Å².